The summed E-state index contributed by atoms with van der Waals surface area (Å²) in [5, 5.41) is 3.39. The molecule has 0 unspecified atom stereocenters. The van der Waals surface area contributed by atoms with Crippen LogP contribution in [0.4, 0.5) is 11.8 Å². The van der Waals surface area contributed by atoms with E-state index in [9.17, 15) is 0 Å². The molecule has 1 N–H and O–H groups in total. The number of nitrogens with zero attached hydrogens (tertiary/aromatic N) is 4. The Morgan fingerprint density at radius 2 is 2.00 bits per heavy atom. The van der Waals surface area contributed by atoms with Gasteiger partial charge in [-0.25, -0.2) is 4.98 Å². The monoisotopic (exact) mass is 237 g/mol. The second-order valence-corrected chi connectivity index (χ2v) is 4.64. The van der Waals surface area contributed by atoms with Crippen LogP contribution in [0.25, 0.3) is 0 Å². The Morgan fingerprint density at radius 3 is 2.59 bits per heavy atom. The van der Waals surface area contributed by atoms with Crippen molar-refractivity contribution in [3.8, 4) is 0 Å². The quantitative estimate of drug-likeness (QED) is 0.799. The lowest BCUT2D eigenvalue weighted by molar-refractivity contribution is 0.588. The first kappa shape index (κ1) is 13.7. The van der Waals surface area contributed by atoms with E-state index in [1.54, 1.807) is 6.20 Å². The predicted molar refractivity (Wildman–Crippen MR) is 72.8 cm³/mol. The highest BCUT2D eigenvalue weighted by molar-refractivity contribution is 5.42. The van der Waals surface area contributed by atoms with Gasteiger partial charge in [-0.15, -0.1) is 0 Å². The van der Waals surface area contributed by atoms with E-state index in [2.05, 4.69) is 34.0 Å². The van der Waals surface area contributed by atoms with E-state index < -0.39 is 0 Å². The Balaban J connectivity index is 2.56. The van der Waals surface area contributed by atoms with Crippen molar-refractivity contribution in [3.63, 3.8) is 0 Å². The summed E-state index contributed by atoms with van der Waals surface area (Å²) in [7, 11) is 5.93. The van der Waals surface area contributed by atoms with Gasteiger partial charge in [-0.1, -0.05) is 13.8 Å². The summed E-state index contributed by atoms with van der Waals surface area (Å²) < 4.78 is 0. The first-order valence-corrected chi connectivity index (χ1v) is 5.95. The summed E-state index contributed by atoms with van der Waals surface area (Å²) in [5.74, 6) is 1.69. The van der Waals surface area contributed by atoms with Gasteiger partial charge in [0, 0.05) is 46.5 Å². The lowest BCUT2D eigenvalue weighted by Crippen LogP contribution is -2.33. The van der Waals surface area contributed by atoms with Gasteiger partial charge in [0.25, 0.3) is 0 Å². The molecule has 5 nitrogen and oxygen atoms in total. The van der Waals surface area contributed by atoms with Crippen molar-refractivity contribution in [2.45, 2.75) is 19.9 Å². The van der Waals surface area contributed by atoms with Crippen LogP contribution in [-0.2, 0) is 0 Å². The van der Waals surface area contributed by atoms with Crippen LogP contribution < -0.4 is 15.1 Å². The molecule has 96 valence electrons. The fourth-order valence-corrected chi connectivity index (χ4v) is 1.40. The molecule has 5 heteroatoms. The smallest absolute Gasteiger partial charge is 0.226 e. The molecule has 0 aliphatic heterocycles. The van der Waals surface area contributed by atoms with Crippen LogP contribution in [-0.4, -0.2) is 50.2 Å². The molecule has 0 aromatic carbocycles. The van der Waals surface area contributed by atoms with Crippen LogP contribution in [0.3, 0.4) is 0 Å². The van der Waals surface area contributed by atoms with Gasteiger partial charge in [-0.3, -0.25) is 0 Å². The van der Waals surface area contributed by atoms with Crippen LogP contribution in [0.2, 0.25) is 0 Å². The lowest BCUT2D eigenvalue weighted by atomic mass is 10.4. The number of rotatable bonds is 6. The van der Waals surface area contributed by atoms with E-state index in [1.807, 2.05) is 32.1 Å². The molecule has 0 bridgehead atoms. The fraction of sp³-hybridized carbons (Fsp3) is 0.667. The second-order valence-electron chi connectivity index (χ2n) is 4.64. The Hall–Kier alpha value is -1.36. The number of nitrogens with one attached hydrogen (secondary N) is 1. The molecule has 1 rings (SSSR count). The van der Waals surface area contributed by atoms with Crippen molar-refractivity contribution in [1.82, 2.24) is 15.3 Å². The number of hydrogen-bond donors (Lipinski definition) is 1. The van der Waals surface area contributed by atoms with Gasteiger partial charge in [-0.2, -0.15) is 4.98 Å². The standard InChI is InChI=1S/C12H23N5/c1-10(2)13-8-9-17(5)11-6-7-14-12(15-11)16(3)4/h6-7,10,13H,8-9H2,1-5H3. The van der Waals surface area contributed by atoms with Gasteiger partial charge in [-0.05, 0) is 6.07 Å². The highest BCUT2D eigenvalue weighted by Gasteiger charge is 2.05. The van der Waals surface area contributed by atoms with E-state index in [0.29, 0.717) is 6.04 Å². The summed E-state index contributed by atoms with van der Waals surface area (Å²) in [6, 6.07) is 2.45. The minimum Gasteiger partial charge on any atom is -0.358 e. The summed E-state index contributed by atoms with van der Waals surface area (Å²) in [6.45, 7) is 6.18. The van der Waals surface area contributed by atoms with Crippen molar-refractivity contribution < 1.29 is 0 Å². The molecular weight excluding hydrogens is 214 g/mol. The van der Waals surface area contributed by atoms with Crippen LogP contribution in [0.5, 0.6) is 0 Å². The maximum absolute atomic E-state index is 4.48. The van der Waals surface area contributed by atoms with Crippen LogP contribution in [0, 0.1) is 0 Å². The minimum atomic E-state index is 0.520. The first-order chi connectivity index (χ1) is 8.00. The Kier molecular flexibility index (Phi) is 5.15. The van der Waals surface area contributed by atoms with Crippen molar-refractivity contribution in [1.29, 1.82) is 0 Å². The fourth-order valence-electron chi connectivity index (χ4n) is 1.40. The third-order valence-electron chi connectivity index (χ3n) is 2.42. The van der Waals surface area contributed by atoms with Crippen molar-refractivity contribution in [2.24, 2.45) is 0 Å². The summed E-state index contributed by atoms with van der Waals surface area (Å²) in [6.07, 6.45) is 1.80. The van der Waals surface area contributed by atoms with Crippen molar-refractivity contribution in [3.05, 3.63) is 12.3 Å². The Bertz CT molecular complexity index is 337. The van der Waals surface area contributed by atoms with Crippen molar-refractivity contribution >= 4 is 11.8 Å². The average molecular weight is 237 g/mol. The molecule has 1 heterocycles. The summed E-state index contributed by atoms with van der Waals surface area (Å²) >= 11 is 0. The van der Waals surface area contributed by atoms with Crippen LogP contribution in [0.15, 0.2) is 12.3 Å². The summed E-state index contributed by atoms with van der Waals surface area (Å²) in [4.78, 5) is 12.7. The van der Waals surface area contributed by atoms with Crippen molar-refractivity contribution in [2.75, 3.05) is 44.0 Å². The average Bonchev–Trinajstić information content (AvgIpc) is 2.28. The van der Waals surface area contributed by atoms with Gasteiger partial charge in [0.05, 0.1) is 0 Å². The highest BCUT2D eigenvalue weighted by Crippen LogP contribution is 2.11. The molecule has 1 aromatic heterocycles. The normalized spacial score (nSPS) is 10.7. The molecule has 0 saturated heterocycles. The second kappa shape index (κ2) is 6.39. The van der Waals surface area contributed by atoms with E-state index in [-0.39, 0.29) is 0 Å². The molecule has 17 heavy (non-hydrogen) atoms. The predicted octanol–water partition coefficient (Wildman–Crippen LogP) is 0.977. The highest BCUT2D eigenvalue weighted by atomic mass is 15.3. The Labute approximate surface area is 104 Å². The first-order valence-electron chi connectivity index (χ1n) is 5.95. The molecule has 0 amide bonds. The van der Waals surface area contributed by atoms with Gasteiger partial charge in [0.2, 0.25) is 5.95 Å². The van der Waals surface area contributed by atoms with Gasteiger partial charge < -0.3 is 15.1 Å². The van der Waals surface area contributed by atoms with Crippen LogP contribution >= 0.6 is 0 Å². The zero-order chi connectivity index (χ0) is 12.8. The molecule has 1 aromatic rings. The number of likely N-dealkylation sites (N-methyl/N-ethyl adjacent to an activating group) is 1. The molecular formula is C12H23N5. The SMILES string of the molecule is CC(C)NCCN(C)c1ccnc(N(C)C)n1. The largest absolute Gasteiger partial charge is 0.358 e. The zero-order valence-electron chi connectivity index (χ0n) is 11.4. The lowest BCUT2D eigenvalue weighted by Gasteiger charge is -2.20. The summed E-state index contributed by atoms with van der Waals surface area (Å²) in [5.41, 5.74) is 0. The number of anilines is 2. The Morgan fingerprint density at radius 1 is 1.29 bits per heavy atom. The molecule has 0 atom stereocenters. The van der Waals surface area contributed by atoms with Crippen LogP contribution in [0.1, 0.15) is 13.8 Å². The topological polar surface area (TPSA) is 44.3 Å². The van der Waals surface area contributed by atoms with E-state index in [4.69, 9.17) is 0 Å². The molecule has 0 radical (unpaired) electrons. The van der Waals surface area contributed by atoms with E-state index >= 15 is 0 Å². The number of hydrogen-bond acceptors (Lipinski definition) is 5. The van der Waals surface area contributed by atoms with Gasteiger partial charge in [0.15, 0.2) is 0 Å². The third kappa shape index (κ3) is 4.56. The van der Waals surface area contributed by atoms with E-state index in [1.165, 1.54) is 0 Å². The minimum absolute atomic E-state index is 0.520. The maximum atomic E-state index is 4.48. The van der Waals surface area contributed by atoms with Gasteiger partial charge in [0.1, 0.15) is 5.82 Å². The molecule has 0 fully saturated rings. The molecule has 0 saturated carbocycles. The molecule has 0 spiro atoms. The molecule has 0 aliphatic carbocycles. The third-order valence-corrected chi connectivity index (χ3v) is 2.42. The maximum Gasteiger partial charge on any atom is 0.226 e. The van der Waals surface area contributed by atoms with Gasteiger partial charge >= 0.3 is 0 Å². The number of aromatic nitrogens is 2. The molecule has 0 aliphatic rings. The zero-order valence-corrected chi connectivity index (χ0v) is 11.4. The van der Waals surface area contributed by atoms with E-state index in [0.717, 1.165) is 24.9 Å².